The van der Waals surface area contributed by atoms with Crippen LogP contribution in [0.15, 0.2) is 30.3 Å². The standard InChI is InChI=1S/C9H8Cl3NO/c10-9(11,12)6-14-8(13)7-4-2-1-3-5-7/h1-5,13H,6H2. The first kappa shape index (κ1) is 11.6. The molecule has 0 spiro atoms. The summed E-state index contributed by atoms with van der Waals surface area (Å²) in [6, 6.07) is 8.97. The highest BCUT2D eigenvalue weighted by atomic mass is 35.6. The van der Waals surface area contributed by atoms with E-state index in [9.17, 15) is 0 Å². The van der Waals surface area contributed by atoms with Gasteiger partial charge in [-0.3, -0.25) is 5.41 Å². The van der Waals surface area contributed by atoms with Crippen LogP contribution < -0.4 is 0 Å². The molecule has 0 aliphatic heterocycles. The molecular formula is C9H8Cl3NO. The van der Waals surface area contributed by atoms with Crippen LogP contribution in [0.1, 0.15) is 5.56 Å². The minimum atomic E-state index is -1.49. The van der Waals surface area contributed by atoms with E-state index in [0.29, 0.717) is 5.56 Å². The lowest BCUT2D eigenvalue weighted by Crippen LogP contribution is -2.17. The van der Waals surface area contributed by atoms with Crippen LogP contribution in [0.3, 0.4) is 0 Å². The summed E-state index contributed by atoms with van der Waals surface area (Å²) in [5, 5.41) is 7.51. The largest absolute Gasteiger partial charge is 0.473 e. The summed E-state index contributed by atoms with van der Waals surface area (Å²) in [5.74, 6) is -0.00285. The monoisotopic (exact) mass is 251 g/mol. The molecule has 1 rings (SSSR count). The quantitative estimate of drug-likeness (QED) is 0.488. The van der Waals surface area contributed by atoms with Gasteiger partial charge in [0.2, 0.25) is 9.69 Å². The summed E-state index contributed by atoms with van der Waals surface area (Å²) < 4.78 is 3.49. The number of hydrogen-bond acceptors (Lipinski definition) is 2. The summed E-state index contributed by atoms with van der Waals surface area (Å²) in [4.78, 5) is 0. The second-order valence-corrected chi connectivity index (χ2v) is 5.12. The highest BCUT2D eigenvalue weighted by Crippen LogP contribution is 2.26. The Balaban J connectivity index is 2.52. The Hall–Kier alpha value is -0.440. The molecule has 2 nitrogen and oxygen atoms in total. The van der Waals surface area contributed by atoms with Crippen LogP contribution in [0.5, 0.6) is 0 Å². The van der Waals surface area contributed by atoms with Crippen molar-refractivity contribution in [3.05, 3.63) is 35.9 Å². The van der Waals surface area contributed by atoms with Gasteiger partial charge in [0.05, 0.1) is 0 Å². The van der Waals surface area contributed by atoms with Crippen LogP contribution in [-0.2, 0) is 4.74 Å². The molecule has 0 saturated carbocycles. The van der Waals surface area contributed by atoms with Crippen LogP contribution in [0.4, 0.5) is 0 Å². The van der Waals surface area contributed by atoms with Crippen molar-refractivity contribution in [1.82, 2.24) is 0 Å². The predicted octanol–water partition coefficient (Wildman–Crippen LogP) is 3.40. The minimum Gasteiger partial charge on any atom is -0.473 e. The van der Waals surface area contributed by atoms with E-state index < -0.39 is 3.79 Å². The zero-order valence-electron chi connectivity index (χ0n) is 7.14. The predicted molar refractivity (Wildman–Crippen MR) is 59.5 cm³/mol. The molecule has 5 heteroatoms. The molecule has 1 aromatic carbocycles. The fourth-order valence-corrected chi connectivity index (χ4v) is 0.991. The molecule has 1 aromatic rings. The van der Waals surface area contributed by atoms with Gasteiger partial charge in [-0.1, -0.05) is 53.0 Å². The van der Waals surface area contributed by atoms with Crippen molar-refractivity contribution in [3.63, 3.8) is 0 Å². The third-order valence-corrected chi connectivity index (χ3v) is 1.74. The number of nitrogens with one attached hydrogen (secondary N) is 1. The van der Waals surface area contributed by atoms with Crippen molar-refractivity contribution in [2.24, 2.45) is 0 Å². The highest BCUT2D eigenvalue weighted by molar-refractivity contribution is 6.67. The van der Waals surface area contributed by atoms with Crippen LogP contribution >= 0.6 is 34.8 Å². The molecular weight excluding hydrogens is 244 g/mol. The summed E-state index contributed by atoms with van der Waals surface area (Å²) in [5.41, 5.74) is 0.654. The number of alkyl halides is 3. The van der Waals surface area contributed by atoms with Gasteiger partial charge in [0.25, 0.3) is 0 Å². The van der Waals surface area contributed by atoms with Crippen molar-refractivity contribution < 1.29 is 4.74 Å². The Morgan fingerprint density at radius 2 is 1.79 bits per heavy atom. The van der Waals surface area contributed by atoms with Crippen molar-refractivity contribution in [1.29, 1.82) is 5.41 Å². The molecule has 0 atom stereocenters. The Kier molecular flexibility index (Phi) is 4.05. The van der Waals surface area contributed by atoms with Crippen molar-refractivity contribution >= 4 is 40.7 Å². The Bertz CT molecular complexity index is 308. The van der Waals surface area contributed by atoms with E-state index in [4.69, 9.17) is 44.9 Å². The second-order valence-electron chi connectivity index (χ2n) is 2.60. The van der Waals surface area contributed by atoms with Gasteiger partial charge in [-0.2, -0.15) is 0 Å². The van der Waals surface area contributed by atoms with Crippen LogP contribution in [0.2, 0.25) is 0 Å². The SMILES string of the molecule is N=C(OCC(Cl)(Cl)Cl)c1ccccc1. The van der Waals surface area contributed by atoms with E-state index in [1.807, 2.05) is 18.2 Å². The fourth-order valence-electron chi connectivity index (χ4n) is 0.827. The van der Waals surface area contributed by atoms with E-state index in [1.165, 1.54) is 0 Å². The maximum atomic E-state index is 7.51. The molecule has 14 heavy (non-hydrogen) atoms. The maximum Gasteiger partial charge on any atom is 0.224 e. The van der Waals surface area contributed by atoms with E-state index in [-0.39, 0.29) is 12.5 Å². The normalized spacial score (nSPS) is 11.1. The van der Waals surface area contributed by atoms with Crippen LogP contribution in [0.25, 0.3) is 0 Å². The third-order valence-electron chi connectivity index (χ3n) is 1.42. The van der Waals surface area contributed by atoms with Gasteiger partial charge < -0.3 is 4.74 Å². The smallest absolute Gasteiger partial charge is 0.224 e. The summed E-state index contributed by atoms with van der Waals surface area (Å²) >= 11 is 16.4. The lowest BCUT2D eigenvalue weighted by Gasteiger charge is -2.12. The topological polar surface area (TPSA) is 33.1 Å². The van der Waals surface area contributed by atoms with Crippen molar-refractivity contribution in [3.8, 4) is 0 Å². The Labute approximate surface area is 97.2 Å². The van der Waals surface area contributed by atoms with Crippen LogP contribution in [-0.4, -0.2) is 16.3 Å². The summed E-state index contributed by atoms with van der Waals surface area (Å²) in [6.45, 7) is -0.134. The number of halogens is 3. The third kappa shape index (κ3) is 4.18. The molecule has 0 unspecified atom stereocenters. The zero-order chi connectivity index (χ0) is 10.6. The first-order valence-electron chi connectivity index (χ1n) is 3.82. The molecule has 0 fully saturated rings. The first-order chi connectivity index (χ1) is 6.49. The van der Waals surface area contributed by atoms with E-state index in [2.05, 4.69) is 0 Å². The molecule has 0 aromatic heterocycles. The average Bonchev–Trinajstić information content (AvgIpc) is 2.14. The van der Waals surface area contributed by atoms with Gasteiger partial charge in [0.1, 0.15) is 6.61 Å². The fraction of sp³-hybridized carbons (Fsp3) is 0.222. The Morgan fingerprint density at radius 3 is 2.29 bits per heavy atom. The molecule has 76 valence electrons. The van der Waals surface area contributed by atoms with Gasteiger partial charge in [0.15, 0.2) is 0 Å². The molecule has 0 saturated heterocycles. The summed E-state index contributed by atoms with van der Waals surface area (Å²) in [6.07, 6.45) is 0. The summed E-state index contributed by atoms with van der Waals surface area (Å²) in [7, 11) is 0. The number of rotatable bonds is 2. The van der Waals surface area contributed by atoms with Crippen LogP contribution in [0, 0.1) is 5.41 Å². The molecule has 0 aliphatic rings. The Morgan fingerprint density at radius 1 is 1.21 bits per heavy atom. The number of ether oxygens (including phenoxy) is 1. The van der Waals surface area contributed by atoms with Gasteiger partial charge in [0, 0.05) is 5.56 Å². The van der Waals surface area contributed by atoms with E-state index in [1.54, 1.807) is 12.1 Å². The number of benzene rings is 1. The lowest BCUT2D eigenvalue weighted by molar-refractivity contribution is 0.311. The van der Waals surface area contributed by atoms with Crippen molar-refractivity contribution in [2.75, 3.05) is 6.61 Å². The number of hydrogen-bond donors (Lipinski definition) is 1. The zero-order valence-corrected chi connectivity index (χ0v) is 9.40. The second kappa shape index (κ2) is 4.87. The van der Waals surface area contributed by atoms with Gasteiger partial charge in [-0.15, -0.1) is 0 Å². The molecule has 0 amide bonds. The molecule has 0 aliphatic carbocycles. The average molecular weight is 253 g/mol. The highest BCUT2D eigenvalue weighted by Gasteiger charge is 2.21. The van der Waals surface area contributed by atoms with E-state index >= 15 is 0 Å². The first-order valence-corrected chi connectivity index (χ1v) is 4.96. The minimum absolute atomic E-state index is 0.00285. The lowest BCUT2D eigenvalue weighted by atomic mass is 10.2. The van der Waals surface area contributed by atoms with Crippen molar-refractivity contribution in [2.45, 2.75) is 3.79 Å². The van der Waals surface area contributed by atoms with Gasteiger partial charge in [-0.25, -0.2) is 0 Å². The molecule has 0 heterocycles. The molecule has 1 N–H and O–H groups in total. The molecule has 0 radical (unpaired) electrons. The van der Waals surface area contributed by atoms with Gasteiger partial charge in [-0.05, 0) is 12.1 Å². The molecule has 0 bridgehead atoms. The van der Waals surface area contributed by atoms with Gasteiger partial charge >= 0.3 is 0 Å². The van der Waals surface area contributed by atoms with E-state index in [0.717, 1.165) is 0 Å². The maximum absolute atomic E-state index is 7.51.